The quantitative estimate of drug-likeness (QED) is 0.557. The lowest BCUT2D eigenvalue weighted by atomic mass is 10.1. The summed E-state index contributed by atoms with van der Waals surface area (Å²) in [5.41, 5.74) is 0. The number of carbonyl (C=O) groups is 2. The van der Waals surface area contributed by atoms with E-state index in [1.807, 2.05) is 6.92 Å². The summed E-state index contributed by atoms with van der Waals surface area (Å²) in [6.45, 7) is 6.84. The fourth-order valence-corrected chi connectivity index (χ4v) is 2.07. The monoisotopic (exact) mass is 287 g/mol. The molecule has 0 aliphatic carbocycles. The van der Waals surface area contributed by atoms with Crippen molar-refractivity contribution in [2.24, 2.45) is 0 Å². The molecule has 7 nitrogen and oxygen atoms in total. The molecule has 0 aromatic carbocycles. The van der Waals surface area contributed by atoms with Crippen molar-refractivity contribution in [2.75, 3.05) is 39.4 Å². The van der Waals surface area contributed by atoms with Crippen LogP contribution in [0.15, 0.2) is 0 Å². The zero-order valence-electron chi connectivity index (χ0n) is 12.1. The molecule has 20 heavy (non-hydrogen) atoms. The predicted octanol–water partition coefficient (Wildman–Crippen LogP) is 0.261. The number of carbonyl (C=O) groups excluding carboxylic acids is 1. The van der Waals surface area contributed by atoms with Crippen molar-refractivity contribution in [3.05, 3.63) is 0 Å². The highest BCUT2D eigenvalue weighted by atomic mass is 16.5. The van der Waals surface area contributed by atoms with Gasteiger partial charge >= 0.3 is 12.0 Å². The SMILES string of the molecule is CCC(CC(=O)O)NC(=O)NCCCN1CCOCC1. The Morgan fingerprint density at radius 3 is 2.65 bits per heavy atom. The van der Waals surface area contributed by atoms with E-state index in [0.717, 1.165) is 39.3 Å². The maximum Gasteiger partial charge on any atom is 0.315 e. The Morgan fingerprint density at radius 1 is 1.35 bits per heavy atom. The van der Waals surface area contributed by atoms with Gasteiger partial charge in [0.05, 0.1) is 19.6 Å². The van der Waals surface area contributed by atoms with Gasteiger partial charge in [-0.15, -0.1) is 0 Å². The van der Waals surface area contributed by atoms with Crippen LogP contribution in [0.4, 0.5) is 4.79 Å². The Bertz CT molecular complexity index is 306. The summed E-state index contributed by atoms with van der Waals surface area (Å²) in [6.07, 6.45) is 1.44. The molecule has 0 spiro atoms. The van der Waals surface area contributed by atoms with Crippen LogP contribution >= 0.6 is 0 Å². The number of amides is 2. The summed E-state index contributed by atoms with van der Waals surface area (Å²) in [5.74, 6) is -0.899. The van der Waals surface area contributed by atoms with Gasteiger partial charge in [0.15, 0.2) is 0 Å². The molecule has 0 aromatic heterocycles. The Kier molecular flexibility index (Phi) is 7.98. The average Bonchev–Trinajstić information content (AvgIpc) is 2.43. The predicted molar refractivity (Wildman–Crippen MR) is 74.7 cm³/mol. The molecule has 0 radical (unpaired) electrons. The van der Waals surface area contributed by atoms with Crippen molar-refractivity contribution in [1.82, 2.24) is 15.5 Å². The summed E-state index contributed by atoms with van der Waals surface area (Å²) in [6, 6.07) is -0.605. The normalized spacial score (nSPS) is 17.4. The summed E-state index contributed by atoms with van der Waals surface area (Å²) in [7, 11) is 0. The van der Waals surface area contributed by atoms with E-state index in [4.69, 9.17) is 9.84 Å². The van der Waals surface area contributed by atoms with Crippen LogP contribution in [0.2, 0.25) is 0 Å². The Morgan fingerprint density at radius 2 is 2.05 bits per heavy atom. The average molecular weight is 287 g/mol. The first-order chi connectivity index (χ1) is 9.61. The molecule has 1 heterocycles. The Balaban J connectivity index is 2.08. The minimum Gasteiger partial charge on any atom is -0.481 e. The zero-order valence-corrected chi connectivity index (χ0v) is 12.1. The molecular formula is C13H25N3O4. The first-order valence-corrected chi connectivity index (χ1v) is 7.18. The van der Waals surface area contributed by atoms with Gasteiger partial charge in [-0.25, -0.2) is 4.79 Å². The Hall–Kier alpha value is -1.34. The molecule has 1 unspecified atom stereocenters. The molecule has 0 aromatic rings. The lowest BCUT2D eigenvalue weighted by molar-refractivity contribution is -0.137. The first-order valence-electron chi connectivity index (χ1n) is 7.18. The number of hydrogen-bond donors (Lipinski definition) is 3. The van der Waals surface area contributed by atoms with Crippen molar-refractivity contribution in [2.45, 2.75) is 32.2 Å². The number of urea groups is 1. The molecule has 1 saturated heterocycles. The van der Waals surface area contributed by atoms with Crippen LogP contribution in [0.3, 0.4) is 0 Å². The number of rotatable bonds is 8. The summed E-state index contributed by atoms with van der Waals surface area (Å²) in [5, 5.41) is 14.1. The number of aliphatic carboxylic acids is 1. The van der Waals surface area contributed by atoms with Crippen molar-refractivity contribution in [3.63, 3.8) is 0 Å². The largest absolute Gasteiger partial charge is 0.481 e. The maximum absolute atomic E-state index is 11.6. The second-order valence-corrected chi connectivity index (χ2v) is 4.91. The van der Waals surface area contributed by atoms with E-state index >= 15 is 0 Å². The molecule has 7 heteroatoms. The van der Waals surface area contributed by atoms with Gasteiger partial charge in [0.25, 0.3) is 0 Å². The third kappa shape index (κ3) is 7.30. The van der Waals surface area contributed by atoms with E-state index in [-0.39, 0.29) is 18.5 Å². The van der Waals surface area contributed by atoms with Crippen molar-refractivity contribution < 1.29 is 19.4 Å². The molecular weight excluding hydrogens is 262 g/mol. The lowest BCUT2D eigenvalue weighted by Gasteiger charge is -2.26. The van der Waals surface area contributed by atoms with E-state index in [9.17, 15) is 9.59 Å². The van der Waals surface area contributed by atoms with Crippen LogP contribution in [0, 0.1) is 0 Å². The van der Waals surface area contributed by atoms with Crippen LogP contribution in [-0.2, 0) is 9.53 Å². The molecule has 0 bridgehead atoms. The number of nitrogens with zero attached hydrogens (tertiary/aromatic N) is 1. The van der Waals surface area contributed by atoms with Gasteiger partial charge in [0.1, 0.15) is 0 Å². The highest BCUT2D eigenvalue weighted by molar-refractivity contribution is 5.75. The second kappa shape index (κ2) is 9.55. The Labute approximate surface area is 119 Å². The number of nitrogens with one attached hydrogen (secondary N) is 2. The maximum atomic E-state index is 11.6. The standard InChI is InChI=1S/C13H25N3O4/c1-2-11(10-12(17)18)15-13(19)14-4-3-5-16-6-8-20-9-7-16/h11H,2-10H2,1H3,(H,17,18)(H2,14,15,19). The molecule has 116 valence electrons. The van der Waals surface area contributed by atoms with E-state index in [1.54, 1.807) is 0 Å². The minimum atomic E-state index is -0.899. The van der Waals surface area contributed by atoms with Crippen LogP contribution in [0.1, 0.15) is 26.2 Å². The number of ether oxygens (including phenoxy) is 1. The summed E-state index contributed by atoms with van der Waals surface area (Å²) < 4.78 is 5.26. The molecule has 2 amide bonds. The summed E-state index contributed by atoms with van der Waals surface area (Å²) >= 11 is 0. The minimum absolute atomic E-state index is 0.0440. The van der Waals surface area contributed by atoms with Crippen LogP contribution < -0.4 is 10.6 Å². The topological polar surface area (TPSA) is 90.9 Å². The fraction of sp³-hybridized carbons (Fsp3) is 0.846. The van der Waals surface area contributed by atoms with Gasteiger partial charge in [-0.2, -0.15) is 0 Å². The number of hydrogen-bond acceptors (Lipinski definition) is 4. The van der Waals surface area contributed by atoms with Gasteiger partial charge in [-0.1, -0.05) is 6.92 Å². The van der Waals surface area contributed by atoms with E-state index < -0.39 is 5.97 Å². The number of carboxylic acid groups (broad SMARTS) is 1. The molecule has 0 saturated carbocycles. The van der Waals surface area contributed by atoms with Crippen LogP contribution in [0.25, 0.3) is 0 Å². The lowest BCUT2D eigenvalue weighted by Crippen LogP contribution is -2.44. The number of carboxylic acids is 1. The van der Waals surface area contributed by atoms with Gasteiger partial charge < -0.3 is 20.5 Å². The highest BCUT2D eigenvalue weighted by Gasteiger charge is 2.14. The highest BCUT2D eigenvalue weighted by Crippen LogP contribution is 1.98. The number of morpholine rings is 1. The fourth-order valence-electron chi connectivity index (χ4n) is 2.07. The third-order valence-electron chi connectivity index (χ3n) is 3.29. The molecule has 1 rings (SSSR count). The van der Waals surface area contributed by atoms with E-state index in [1.165, 1.54) is 0 Å². The first kappa shape index (κ1) is 16.7. The molecule has 3 N–H and O–H groups in total. The van der Waals surface area contributed by atoms with Crippen LogP contribution in [-0.4, -0.2) is 67.4 Å². The van der Waals surface area contributed by atoms with Crippen molar-refractivity contribution in [1.29, 1.82) is 0 Å². The van der Waals surface area contributed by atoms with Gasteiger partial charge in [-0.3, -0.25) is 9.69 Å². The van der Waals surface area contributed by atoms with Crippen molar-refractivity contribution in [3.8, 4) is 0 Å². The van der Waals surface area contributed by atoms with Gasteiger partial charge in [0.2, 0.25) is 0 Å². The van der Waals surface area contributed by atoms with Crippen molar-refractivity contribution >= 4 is 12.0 Å². The molecule has 1 atom stereocenters. The van der Waals surface area contributed by atoms with E-state index in [2.05, 4.69) is 15.5 Å². The molecule has 1 aliphatic rings. The smallest absolute Gasteiger partial charge is 0.315 e. The van der Waals surface area contributed by atoms with E-state index in [0.29, 0.717) is 13.0 Å². The van der Waals surface area contributed by atoms with Gasteiger partial charge in [-0.05, 0) is 19.4 Å². The molecule has 1 aliphatic heterocycles. The summed E-state index contributed by atoms with van der Waals surface area (Å²) in [4.78, 5) is 24.5. The zero-order chi connectivity index (χ0) is 14.8. The van der Waals surface area contributed by atoms with Crippen LogP contribution in [0.5, 0.6) is 0 Å². The third-order valence-corrected chi connectivity index (χ3v) is 3.29. The van der Waals surface area contributed by atoms with Gasteiger partial charge in [0, 0.05) is 25.7 Å². The molecule has 1 fully saturated rings. The second-order valence-electron chi connectivity index (χ2n) is 4.91.